The van der Waals surface area contributed by atoms with Gasteiger partial charge in [0, 0.05) is 25.2 Å². The van der Waals surface area contributed by atoms with Crippen molar-refractivity contribution in [1.82, 2.24) is 10.2 Å². The van der Waals surface area contributed by atoms with Gasteiger partial charge in [0.2, 0.25) is 5.91 Å². The Balaban J connectivity index is 2.70. The minimum absolute atomic E-state index is 0.0401. The van der Waals surface area contributed by atoms with Crippen LogP contribution in [0.15, 0.2) is 0 Å². The van der Waals surface area contributed by atoms with E-state index in [9.17, 15) is 4.79 Å². The van der Waals surface area contributed by atoms with E-state index in [4.69, 9.17) is 5.73 Å². The molecule has 1 rings (SSSR count). The van der Waals surface area contributed by atoms with Gasteiger partial charge in [-0.1, -0.05) is 0 Å². The van der Waals surface area contributed by atoms with E-state index in [0.29, 0.717) is 6.04 Å². The minimum Gasteiger partial charge on any atom is -0.336 e. The van der Waals surface area contributed by atoms with E-state index in [0.717, 1.165) is 13.1 Å². The van der Waals surface area contributed by atoms with Crippen molar-refractivity contribution in [2.45, 2.75) is 45.3 Å². The van der Waals surface area contributed by atoms with Crippen molar-refractivity contribution in [1.29, 1.82) is 0 Å². The van der Waals surface area contributed by atoms with E-state index in [-0.39, 0.29) is 11.9 Å². The fourth-order valence-electron chi connectivity index (χ4n) is 1.67. The van der Waals surface area contributed by atoms with Crippen LogP contribution in [0, 0.1) is 0 Å². The molecule has 0 bridgehead atoms. The summed E-state index contributed by atoms with van der Waals surface area (Å²) in [4.78, 5) is 13.8. The first-order chi connectivity index (χ1) is 6.32. The maximum Gasteiger partial charge on any atom is 0.242 e. The minimum atomic E-state index is -0.759. The van der Waals surface area contributed by atoms with Gasteiger partial charge < -0.3 is 16.0 Å². The van der Waals surface area contributed by atoms with Crippen molar-refractivity contribution in [3.63, 3.8) is 0 Å². The molecule has 0 radical (unpaired) electrons. The normalized spacial score (nSPS) is 29.1. The molecule has 4 heteroatoms. The van der Waals surface area contributed by atoms with E-state index in [2.05, 4.69) is 12.2 Å². The van der Waals surface area contributed by atoms with Crippen molar-refractivity contribution < 1.29 is 4.79 Å². The molecule has 1 amide bonds. The molecule has 1 heterocycles. The number of hydrogen-bond donors (Lipinski definition) is 2. The van der Waals surface area contributed by atoms with Crippen LogP contribution >= 0.6 is 0 Å². The number of hydrogen-bond acceptors (Lipinski definition) is 3. The monoisotopic (exact) mass is 199 g/mol. The first kappa shape index (κ1) is 11.5. The largest absolute Gasteiger partial charge is 0.336 e. The highest BCUT2D eigenvalue weighted by atomic mass is 16.2. The Kier molecular flexibility index (Phi) is 3.17. The van der Waals surface area contributed by atoms with Crippen LogP contribution in [0.3, 0.4) is 0 Å². The standard InChI is InChI=1S/C10H21N3O/c1-7-6-13(8(2)5-12-7)9(14)10(3,4)11/h7-8,12H,5-6,11H2,1-4H3/t7-,8-/m0/s1. The Morgan fingerprint density at radius 3 is 2.57 bits per heavy atom. The zero-order valence-electron chi connectivity index (χ0n) is 9.50. The molecule has 0 unspecified atom stereocenters. The lowest BCUT2D eigenvalue weighted by Crippen LogP contribution is -2.62. The fourth-order valence-corrected chi connectivity index (χ4v) is 1.67. The van der Waals surface area contributed by atoms with Crippen molar-refractivity contribution >= 4 is 5.91 Å². The van der Waals surface area contributed by atoms with Crippen LogP contribution in [0.5, 0.6) is 0 Å². The van der Waals surface area contributed by atoms with Gasteiger partial charge in [0.15, 0.2) is 0 Å². The van der Waals surface area contributed by atoms with Crippen LogP contribution in [0.25, 0.3) is 0 Å². The van der Waals surface area contributed by atoms with Gasteiger partial charge >= 0.3 is 0 Å². The summed E-state index contributed by atoms with van der Waals surface area (Å²) >= 11 is 0. The van der Waals surface area contributed by atoms with E-state index in [1.807, 2.05) is 11.8 Å². The van der Waals surface area contributed by atoms with Gasteiger partial charge in [-0.25, -0.2) is 0 Å². The smallest absolute Gasteiger partial charge is 0.242 e. The van der Waals surface area contributed by atoms with Gasteiger partial charge in [-0.3, -0.25) is 4.79 Å². The summed E-state index contributed by atoms with van der Waals surface area (Å²) in [5.41, 5.74) is 5.05. The lowest BCUT2D eigenvalue weighted by molar-refractivity contribution is -0.139. The maximum atomic E-state index is 11.9. The van der Waals surface area contributed by atoms with E-state index in [1.165, 1.54) is 0 Å². The van der Waals surface area contributed by atoms with E-state index < -0.39 is 5.54 Å². The molecule has 0 aromatic carbocycles. The molecule has 0 aromatic rings. The summed E-state index contributed by atoms with van der Waals surface area (Å²) in [6, 6.07) is 0.596. The Hall–Kier alpha value is -0.610. The summed E-state index contributed by atoms with van der Waals surface area (Å²) in [5, 5.41) is 3.33. The average Bonchev–Trinajstić information content (AvgIpc) is 2.06. The number of nitrogens with one attached hydrogen (secondary N) is 1. The number of carbonyl (C=O) groups is 1. The van der Waals surface area contributed by atoms with Crippen LogP contribution in [0.4, 0.5) is 0 Å². The first-order valence-electron chi connectivity index (χ1n) is 5.15. The Bertz CT molecular complexity index is 222. The van der Waals surface area contributed by atoms with Gasteiger partial charge in [-0.05, 0) is 27.7 Å². The number of piperazine rings is 1. The molecule has 1 aliphatic heterocycles. The molecule has 0 spiro atoms. The number of carbonyl (C=O) groups excluding carboxylic acids is 1. The predicted molar refractivity (Wildman–Crippen MR) is 56.9 cm³/mol. The van der Waals surface area contributed by atoms with Crippen LogP contribution in [-0.4, -0.2) is 41.5 Å². The van der Waals surface area contributed by atoms with Crippen molar-refractivity contribution in [2.75, 3.05) is 13.1 Å². The molecular weight excluding hydrogens is 178 g/mol. The molecule has 14 heavy (non-hydrogen) atoms. The maximum absolute atomic E-state index is 11.9. The second-order valence-corrected chi connectivity index (χ2v) is 4.84. The van der Waals surface area contributed by atoms with Crippen LogP contribution in [0.2, 0.25) is 0 Å². The molecule has 1 fully saturated rings. The number of nitrogens with zero attached hydrogens (tertiary/aromatic N) is 1. The van der Waals surface area contributed by atoms with Gasteiger partial charge in [0.05, 0.1) is 5.54 Å². The highest BCUT2D eigenvalue weighted by Crippen LogP contribution is 2.12. The van der Waals surface area contributed by atoms with Crippen molar-refractivity contribution in [3.8, 4) is 0 Å². The third-order valence-electron chi connectivity index (χ3n) is 2.58. The van der Waals surface area contributed by atoms with E-state index in [1.54, 1.807) is 13.8 Å². The summed E-state index contributed by atoms with van der Waals surface area (Å²) in [7, 11) is 0. The first-order valence-corrected chi connectivity index (χ1v) is 5.15. The Morgan fingerprint density at radius 2 is 2.07 bits per heavy atom. The molecule has 1 saturated heterocycles. The van der Waals surface area contributed by atoms with Gasteiger partial charge in [0.1, 0.15) is 0 Å². The third-order valence-corrected chi connectivity index (χ3v) is 2.58. The van der Waals surface area contributed by atoms with Crippen molar-refractivity contribution in [2.24, 2.45) is 5.73 Å². The second-order valence-electron chi connectivity index (χ2n) is 4.84. The Morgan fingerprint density at radius 1 is 1.50 bits per heavy atom. The molecule has 0 saturated carbocycles. The zero-order valence-corrected chi connectivity index (χ0v) is 9.50. The zero-order chi connectivity index (χ0) is 10.9. The highest BCUT2D eigenvalue weighted by Gasteiger charge is 2.33. The van der Waals surface area contributed by atoms with Crippen LogP contribution in [0.1, 0.15) is 27.7 Å². The van der Waals surface area contributed by atoms with E-state index >= 15 is 0 Å². The van der Waals surface area contributed by atoms with Crippen LogP contribution in [-0.2, 0) is 4.79 Å². The lowest BCUT2D eigenvalue weighted by Gasteiger charge is -2.40. The molecule has 3 N–H and O–H groups in total. The van der Waals surface area contributed by atoms with Crippen molar-refractivity contribution in [3.05, 3.63) is 0 Å². The summed E-state index contributed by atoms with van der Waals surface area (Å²) in [6.45, 7) is 9.24. The molecule has 2 atom stereocenters. The average molecular weight is 199 g/mol. The summed E-state index contributed by atoms with van der Waals surface area (Å²) < 4.78 is 0. The third kappa shape index (κ3) is 2.45. The molecule has 82 valence electrons. The molecule has 0 aromatic heterocycles. The number of rotatable bonds is 1. The summed E-state index contributed by atoms with van der Waals surface area (Å²) in [5.74, 6) is 0.0401. The highest BCUT2D eigenvalue weighted by molar-refractivity contribution is 5.85. The van der Waals surface area contributed by atoms with Gasteiger partial charge in [0.25, 0.3) is 0 Å². The van der Waals surface area contributed by atoms with Gasteiger partial charge in [-0.2, -0.15) is 0 Å². The van der Waals surface area contributed by atoms with Gasteiger partial charge in [-0.15, -0.1) is 0 Å². The second kappa shape index (κ2) is 3.87. The van der Waals surface area contributed by atoms with Crippen LogP contribution < -0.4 is 11.1 Å². The summed E-state index contributed by atoms with van der Waals surface area (Å²) in [6.07, 6.45) is 0. The number of amides is 1. The Labute approximate surface area is 85.8 Å². The number of nitrogens with two attached hydrogens (primary N) is 1. The lowest BCUT2D eigenvalue weighted by atomic mass is 10.0. The molecule has 0 aliphatic carbocycles. The predicted octanol–water partition coefficient (Wildman–Crippen LogP) is -0.0675. The quantitative estimate of drug-likeness (QED) is 0.621. The fraction of sp³-hybridized carbons (Fsp3) is 0.900. The molecular formula is C10H21N3O. The SMILES string of the molecule is C[C@H]1CN(C(=O)C(C)(C)N)[C@@H](C)CN1. The molecule has 1 aliphatic rings. The molecule has 4 nitrogen and oxygen atoms in total. The topological polar surface area (TPSA) is 58.4 Å².